The van der Waals surface area contributed by atoms with E-state index in [4.69, 9.17) is 11.6 Å². The highest BCUT2D eigenvalue weighted by atomic mass is 35.5. The number of amides is 1. The molecule has 2 aromatic rings. The zero-order valence-corrected chi connectivity index (χ0v) is 11.9. The van der Waals surface area contributed by atoms with Crippen LogP contribution in [0, 0.1) is 6.92 Å². The molecular formula is C16H16ClNO2. The molecule has 0 bridgehead atoms. The van der Waals surface area contributed by atoms with Crippen molar-refractivity contribution < 1.29 is 9.90 Å². The fraction of sp³-hybridized carbons (Fsp3) is 0.188. The number of nitrogens with one attached hydrogen (secondary N) is 1. The summed E-state index contributed by atoms with van der Waals surface area (Å²) >= 11 is 5.94. The normalized spacial score (nSPS) is 11.9. The second kappa shape index (κ2) is 6.55. The maximum Gasteiger partial charge on any atom is 0.251 e. The van der Waals surface area contributed by atoms with Crippen molar-refractivity contribution in [3.63, 3.8) is 0 Å². The lowest BCUT2D eigenvalue weighted by Gasteiger charge is -2.17. The van der Waals surface area contributed by atoms with Crippen LogP contribution in [0.5, 0.6) is 0 Å². The number of rotatable bonds is 4. The van der Waals surface area contributed by atoms with Crippen LogP contribution in [0.25, 0.3) is 0 Å². The molecule has 0 spiro atoms. The average molecular weight is 290 g/mol. The van der Waals surface area contributed by atoms with Crippen LogP contribution in [0.4, 0.5) is 0 Å². The lowest BCUT2D eigenvalue weighted by molar-refractivity contribution is 0.0916. The number of benzene rings is 2. The van der Waals surface area contributed by atoms with Crippen molar-refractivity contribution in [2.24, 2.45) is 0 Å². The van der Waals surface area contributed by atoms with E-state index in [1.54, 1.807) is 18.2 Å². The van der Waals surface area contributed by atoms with E-state index in [9.17, 15) is 9.90 Å². The number of carbonyl (C=O) groups excluding carboxylic acids is 1. The van der Waals surface area contributed by atoms with E-state index >= 15 is 0 Å². The van der Waals surface area contributed by atoms with Gasteiger partial charge in [0.05, 0.1) is 12.6 Å². The smallest absolute Gasteiger partial charge is 0.251 e. The highest BCUT2D eigenvalue weighted by Crippen LogP contribution is 2.17. The summed E-state index contributed by atoms with van der Waals surface area (Å²) in [4.78, 5) is 12.2. The van der Waals surface area contributed by atoms with Gasteiger partial charge in [-0.1, -0.05) is 41.9 Å². The predicted molar refractivity (Wildman–Crippen MR) is 79.9 cm³/mol. The van der Waals surface area contributed by atoms with Gasteiger partial charge in [-0.15, -0.1) is 0 Å². The van der Waals surface area contributed by atoms with E-state index in [1.807, 2.05) is 37.3 Å². The summed E-state index contributed by atoms with van der Waals surface area (Å²) in [7, 11) is 0. The van der Waals surface area contributed by atoms with Gasteiger partial charge in [-0.2, -0.15) is 0 Å². The lowest BCUT2D eigenvalue weighted by Crippen LogP contribution is -2.30. The molecule has 1 amide bonds. The summed E-state index contributed by atoms with van der Waals surface area (Å²) in [5.41, 5.74) is 2.25. The van der Waals surface area contributed by atoms with Crippen molar-refractivity contribution in [2.75, 3.05) is 6.61 Å². The van der Waals surface area contributed by atoms with Crippen molar-refractivity contribution in [1.29, 1.82) is 0 Å². The molecule has 0 aliphatic rings. The quantitative estimate of drug-likeness (QED) is 0.908. The Bertz CT molecular complexity index is 599. The molecule has 20 heavy (non-hydrogen) atoms. The summed E-state index contributed by atoms with van der Waals surface area (Å²) in [6, 6.07) is 14.1. The number of hydrogen-bond acceptors (Lipinski definition) is 2. The monoisotopic (exact) mass is 289 g/mol. The third-order valence-electron chi connectivity index (χ3n) is 3.11. The largest absolute Gasteiger partial charge is 0.394 e. The van der Waals surface area contributed by atoms with E-state index in [2.05, 4.69) is 5.32 Å². The maximum absolute atomic E-state index is 12.2. The summed E-state index contributed by atoms with van der Waals surface area (Å²) in [6.07, 6.45) is 0. The Morgan fingerprint density at radius 3 is 2.55 bits per heavy atom. The predicted octanol–water partition coefficient (Wildman–Crippen LogP) is 3.11. The van der Waals surface area contributed by atoms with Gasteiger partial charge in [0.2, 0.25) is 0 Å². The molecule has 0 fully saturated rings. The number of halogens is 1. The van der Waals surface area contributed by atoms with Crippen molar-refractivity contribution in [3.8, 4) is 0 Å². The van der Waals surface area contributed by atoms with Crippen molar-refractivity contribution in [3.05, 3.63) is 70.2 Å². The fourth-order valence-electron chi connectivity index (χ4n) is 1.95. The molecule has 4 heteroatoms. The molecule has 0 aliphatic carbocycles. The number of aliphatic hydroxyl groups is 1. The summed E-state index contributed by atoms with van der Waals surface area (Å²) < 4.78 is 0. The highest BCUT2D eigenvalue weighted by Gasteiger charge is 2.15. The first-order chi connectivity index (χ1) is 9.61. The van der Waals surface area contributed by atoms with Crippen molar-refractivity contribution in [2.45, 2.75) is 13.0 Å². The minimum absolute atomic E-state index is 0.150. The third kappa shape index (κ3) is 3.38. The van der Waals surface area contributed by atoms with Crippen LogP contribution < -0.4 is 5.32 Å². The Hall–Kier alpha value is -1.84. The molecule has 2 N–H and O–H groups in total. The van der Waals surface area contributed by atoms with Gasteiger partial charge in [0.15, 0.2) is 0 Å². The zero-order valence-electron chi connectivity index (χ0n) is 11.1. The average Bonchev–Trinajstić information content (AvgIpc) is 2.48. The van der Waals surface area contributed by atoms with Gasteiger partial charge in [-0.25, -0.2) is 0 Å². The Morgan fingerprint density at radius 2 is 1.95 bits per heavy atom. The number of carbonyl (C=O) groups is 1. The molecule has 1 atom stereocenters. The summed E-state index contributed by atoms with van der Waals surface area (Å²) in [5, 5.41) is 12.9. The van der Waals surface area contributed by atoms with Crippen LogP contribution in [0.15, 0.2) is 48.5 Å². The molecule has 2 rings (SSSR count). The molecule has 0 aromatic heterocycles. The van der Waals surface area contributed by atoms with Crippen LogP contribution in [0.2, 0.25) is 5.02 Å². The topological polar surface area (TPSA) is 49.3 Å². The highest BCUT2D eigenvalue weighted by molar-refractivity contribution is 6.31. The molecule has 104 valence electrons. The molecule has 0 heterocycles. The Labute approximate surface area is 123 Å². The molecule has 0 aliphatic heterocycles. The van der Waals surface area contributed by atoms with E-state index in [1.165, 1.54) is 0 Å². The molecule has 0 unspecified atom stereocenters. The van der Waals surface area contributed by atoms with Gasteiger partial charge in [0.1, 0.15) is 0 Å². The Balaban J connectivity index is 2.15. The van der Waals surface area contributed by atoms with Crippen molar-refractivity contribution in [1.82, 2.24) is 5.32 Å². The first kappa shape index (κ1) is 14.6. The van der Waals surface area contributed by atoms with E-state index in [0.717, 1.165) is 11.1 Å². The zero-order chi connectivity index (χ0) is 14.5. The Morgan fingerprint density at radius 1 is 1.25 bits per heavy atom. The first-order valence-corrected chi connectivity index (χ1v) is 6.72. The van der Waals surface area contributed by atoms with Gasteiger partial charge >= 0.3 is 0 Å². The maximum atomic E-state index is 12.2. The minimum atomic E-state index is -0.417. The molecule has 0 saturated carbocycles. The second-order valence-corrected chi connectivity index (χ2v) is 4.99. The van der Waals surface area contributed by atoms with Crippen LogP contribution in [0.3, 0.4) is 0 Å². The van der Waals surface area contributed by atoms with Gasteiger partial charge < -0.3 is 10.4 Å². The molecule has 2 aromatic carbocycles. The number of hydrogen-bond donors (Lipinski definition) is 2. The van der Waals surface area contributed by atoms with Crippen LogP contribution in [-0.2, 0) is 0 Å². The van der Waals surface area contributed by atoms with E-state index in [0.29, 0.717) is 10.6 Å². The van der Waals surface area contributed by atoms with Gasteiger partial charge in [-0.3, -0.25) is 4.79 Å². The first-order valence-electron chi connectivity index (χ1n) is 6.34. The van der Waals surface area contributed by atoms with E-state index in [-0.39, 0.29) is 12.5 Å². The van der Waals surface area contributed by atoms with Crippen molar-refractivity contribution >= 4 is 17.5 Å². The Kier molecular flexibility index (Phi) is 4.77. The summed E-state index contributed by atoms with van der Waals surface area (Å²) in [5.74, 6) is -0.229. The molecular weight excluding hydrogens is 274 g/mol. The number of aliphatic hydroxyl groups excluding tert-OH is 1. The standard InChI is InChI=1S/C16H16ClNO2/c1-11-9-13(7-8-14(11)17)16(20)18-15(10-19)12-5-3-2-4-6-12/h2-9,15,19H,10H2,1H3,(H,18,20)/t15-/m1/s1. The SMILES string of the molecule is Cc1cc(C(=O)N[C@H](CO)c2ccccc2)ccc1Cl. The number of aryl methyl sites for hydroxylation is 1. The van der Waals surface area contributed by atoms with Crippen LogP contribution >= 0.6 is 11.6 Å². The third-order valence-corrected chi connectivity index (χ3v) is 3.53. The van der Waals surface area contributed by atoms with Gasteiger partial charge in [0.25, 0.3) is 5.91 Å². The second-order valence-electron chi connectivity index (χ2n) is 4.58. The fourth-order valence-corrected chi connectivity index (χ4v) is 2.06. The lowest BCUT2D eigenvalue weighted by atomic mass is 10.1. The van der Waals surface area contributed by atoms with Gasteiger partial charge in [0, 0.05) is 10.6 Å². The summed E-state index contributed by atoms with van der Waals surface area (Å²) in [6.45, 7) is 1.70. The minimum Gasteiger partial charge on any atom is -0.394 e. The van der Waals surface area contributed by atoms with Gasteiger partial charge in [-0.05, 0) is 36.2 Å². The van der Waals surface area contributed by atoms with E-state index < -0.39 is 6.04 Å². The van der Waals surface area contributed by atoms with Crippen LogP contribution in [0.1, 0.15) is 27.5 Å². The van der Waals surface area contributed by atoms with Crippen LogP contribution in [-0.4, -0.2) is 17.6 Å². The molecule has 0 radical (unpaired) electrons. The molecule has 0 saturated heterocycles. The molecule has 3 nitrogen and oxygen atoms in total.